The second kappa shape index (κ2) is 10.2. The molecule has 0 spiro atoms. The number of carbonyl (C=O) groups is 1. The first-order valence-corrected chi connectivity index (χ1v) is 13.5. The van der Waals surface area contributed by atoms with Crippen LogP contribution in [-0.4, -0.2) is 84.2 Å². The number of aliphatic hydroxyl groups excluding tert-OH is 1. The molecular weight excluding hydrogens is 470 g/mol. The zero-order valence-electron chi connectivity index (χ0n) is 20.7. The lowest BCUT2D eigenvalue weighted by Gasteiger charge is -2.38. The normalized spacial score (nSPS) is 21.8. The van der Waals surface area contributed by atoms with Crippen molar-refractivity contribution in [1.82, 2.24) is 19.4 Å². The lowest BCUT2D eigenvalue weighted by Crippen LogP contribution is -2.50. The SMILES string of the molecule is C[C@@H]1CN([C@H](C)CO)C(=O)c2cccc(NS(=O)(=O)c3cn(C)cn3)c2O[C@H]1CN(C)CC1CC1. The molecule has 2 aromatic rings. The number of para-hydroxylation sites is 1. The molecule has 1 aliphatic heterocycles. The van der Waals surface area contributed by atoms with Crippen LogP contribution in [0.3, 0.4) is 0 Å². The molecule has 1 aliphatic carbocycles. The number of aryl methyl sites for hydroxylation is 1. The minimum absolute atomic E-state index is 0.0526. The van der Waals surface area contributed by atoms with Crippen molar-refractivity contribution in [1.29, 1.82) is 0 Å². The smallest absolute Gasteiger partial charge is 0.281 e. The lowest BCUT2D eigenvalue weighted by atomic mass is 9.99. The van der Waals surface area contributed by atoms with E-state index < -0.39 is 16.1 Å². The number of hydrogen-bond donors (Lipinski definition) is 2. The Morgan fingerprint density at radius 3 is 2.69 bits per heavy atom. The molecule has 4 rings (SSSR count). The molecule has 10 nitrogen and oxygen atoms in total. The van der Waals surface area contributed by atoms with E-state index in [1.54, 1.807) is 41.6 Å². The highest BCUT2D eigenvalue weighted by atomic mass is 32.2. The van der Waals surface area contributed by atoms with E-state index in [0.717, 1.165) is 6.54 Å². The predicted molar refractivity (Wildman–Crippen MR) is 132 cm³/mol. The van der Waals surface area contributed by atoms with E-state index in [0.29, 0.717) is 19.0 Å². The maximum Gasteiger partial charge on any atom is 0.281 e. The number of imidazole rings is 1. The average molecular weight is 506 g/mol. The molecule has 1 fully saturated rings. The summed E-state index contributed by atoms with van der Waals surface area (Å²) in [5.74, 6) is 0.549. The van der Waals surface area contributed by atoms with Gasteiger partial charge in [-0.1, -0.05) is 13.0 Å². The molecule has 2 N–H and O–H groups in total. The first-order valence-electron chi connectivity index (χ1n) is 12.0. The highest BCUT2D eigenvalue weighted by Crippen LogP contribution is 2.36. The molecule has 3 atom stereocenters. The summed E-state index contributed by atoms with van der Waals surface area (Å²) in [4.78, 5) is 21.4. The Morgan fingerprint density at radius 2 is 2.06 bits per heavy atom. The fourth-order valence-corrected chi connectivity index (χ4v) is 5.43. The largest absolute Gasteiger partial charge is 0.486 e. The molecule has 1 aromatic heterocycles. The first-order chi connectivity index (χ1) is 16.6. The van der Waals surface area contributed by atoms with E-state index in [2.05, 4.69) is 21.7 Å². The number of benzene rings is 1. The number of anilines is 1. The molecule has 2 heterocycles. The van der Waals surface area contributed by atoms with Crippen molar-refractivity contribution < 1.29 is 23.1 Å². The van der Waals surface area contributed by atoms with Gasteiger partial charge in [-0.25, -0.2) is 4.98 Å². The number of hydrogen-bond acceptors (Lipinski definition) is 7. The monoisotopic (exact) mass is 505 g/mol. The van der Waals surface area contributed by atoms with Crippen LogP contribution in [0.25, 0.3) is 0 Å². The van der Waals surface area contributed by atoms with Crippen LogP contribution in [0.4, 0.5) is 5.69 Å². The molecule has 1 amide bonds. The van der Waals surface area contributed by atoms with Gasteiger partial charge in [0.25, 0.3) is 15.9 Å². The number of fused-ring (bicyclic) bond motifs is 1. The number of nitrogens with zero attached hydrogens (tertiary/aromatic N) is 4. The van der Waals surface area contributed by atoms with Gasteiger partial charge in [0.15, 0.2) is 10.8 Å². The maximum absolute atomic E-state index is 13.5. The summed E-state index contributed by atoms with van der Waals surface area (Å²) in [5.41, 5.74) is 0.440. The van der Waals surface area contributed by atoms with Crippen molar-refractivity contribution in [3.05, 3.63) is 36.3 Å². The Kier molecular flexibility index (Phi) is 7.39. The first kappa shape index (κ1) is 25.5. The van der Waals surface area contributed by atoms with Crippen LogP contribution in [0.1, 0.15) is 37.0 Å². The van der Waals surface area contributed by atoms with Crippen molar-refractivity contribution in [2.24, 2.45) is 18.9 Å². The average Bonchev–Trinajstić information content (AvgIpc) is 3.51. The molecule has 2 aliphatic rings. The van der Waals surface area contributed by atoms with Crippen LogP contribution >= 0.6 is 0 Å². The van der Waals surface area contributed by atoms with E-state index in [9.17, 15) is 18.3 Å². The summed E-state index contributed by atoms with van der Waals surface area (Å²) in [7, 11) is -0.252. The fraction of sp³-hybridized carbons (Fsp3) is 0.583. The standard InChI is InChI=1S/C24H35N5O5S/c1-16-10-29(17(2)14-30)24(31)19-6-5-7-20(26-35(32,33)22-13-28(4)15-25-22)23(19)34-21(16)12-27(3)11-18-8-9-18/h5-7,13,15-18,21,26,30H,8-12,14H2,1-4H3/t16-,17-,21+/m1/s1. The Balaban J connectivity index is 1.72. The van der Waals surface area contributed by atoms with E-state index in [-0.39, 0.29) is 46.6 Å². The molecule has 1 saturated carbocycles. The van der Waals surface area contributed by atoms with Gasteiger partial charge in [-0.2, -0.15) is 8.42 Å². The van der Waals surface area contributed by atoms with Crippen molar-refractivity contribution in [2.45, 2.75) is 43.9 Å². The number of sulfonamides is 1. The van der Waals surface area contributed by atoms with E-state index >= 15 is 0 Å². The summed E-state index contributed by atoms with van der Waals surface area (Å²) < 4.78 is 36.6. The Bertz CT molecular complexity index is 1160. The van der Waals surface area contributed by atoms with Gasteiger partial charge in [0.2, 0.25) is 0 Å². The molecule has 11 heteroatoms. The number of aliphatic hydroxyl groups is 1. The Morgan fingerprint density at radius 1 is 1.31 bits per heavy atom. The molecule has 0 bridgehead atoms. The third-order valence-electron chi connectivity index (χ3n) is 6.65. The number of aromatic nitrogens is 2. The summed E-state index contributed by atoms with van der Waals surface area (Å²) in [6, 6.07) is 4.45. The van der Waals surface area contributed by atoms with E-state index in [1.807, 2.05) is 6.92 Å². The minimum Gasteiger partial charge on any atom is -0.486 e. The van der Waals surface area contributed by atoms with Crippen molar-refractivity contribution in [2.75, 3.05) is 38.0 Å². The Labute approximate surface area is 206 Å². The summed E-state index contributed by atoms with van der Waals surface area (Å²) >= 11 is 0. The van der Waals surface area contributed by atoms with Crippen LogP contribution in [-0.2, 0) is 17.1 Å². The highest BCUT2D eigenvalue weighted by molar-refractivity contribution is 7.92. The third kappa shape index (κ3) is 5.79. The van der Waals surface area contributed by atoms with Gasteiger partial charge in [-0.3, -0.25) is 9.52 Å². The van der Waals surface area contributed by atoms with Crippen LogP contribution in [0.2, 0.25) is 0 Å². The topological polar surface area (TPSA) is 117 Å². The van der Waals surface area contributed by atoms with Gasteiger partial charge in [0, 0.05) is 38.8 Å². The number of ether oxygens (including phenoxy) is 1. The van der Waals surface area contributed by atoms with E-state index in [1.165, 1.54) is 25.4 Å². The Hall–Kier alpha value is -2.63. The second-order valence-corrected chi connectivity index (χ2v) is 11.6. The van der Waals surface area contributed by atoms with Gasteiger partial charge in [-0.15, -0.1) is 0 Å². The zero-order chi connectivity index (χ0) is 25.3. The minimum atomic E-state index is -4.00. The number of likely N-dealkylation sites (N-methyl/N-ethyl adjacent to an activating group) is 1. The van der Waals surface area contributed by atoms with Crippen LogP contribution in [0, 0.1) is 11.8 Å². The van der Waals surface area contributed by atoms with Crippen LogP contribution in [0.5, 0.6) is 5.75 Å². The number of nitrogens with one attached hydrogen (secondary N) is 1. The summed E-state index contributed by atoms with van der Waals surface area (Å²) in [6.45, 7) is 5.68. The molecule has 0 radical (unpaired) electrons. The van der Waals surface area contributed by atoms with Crippen molar-refractivity contribution >= 4 is 21.6 Å². The maximum atomic E-state index is 13.5. The van der Waals surface area contributed by atoms with Crippen LogP contribution in [0.15, 0.2) is 35.7 Å². The quantitative estimate of drug-likeness (QED) is 0.534. The fourth-order valence-electron chi connectivity index (χ4n) is 4.39. The highest BCUT2D eigenvalue weighted by Gasteiger charge is 2.35. The summed E-state index contributed by atoms with van der Waals surface area (Å²) in [6.07, 6.45) is 5.00. The van der Waals surface area contributed by atoms with Gasteiger partial charge in [0.05, 0.1) is 30.2 Å². The number of rotatable bonds is 9. The van der Waals surface area contributed by atoms with Crippen molar-refractivity contribution in [3.8, 4) is 5.75 Å². The molecule has 35 heavy (non-hydrogen) atoms. The van der Waals surface area contributed by atoms with Crippen molar-refractivity contribution in [3.63, 3.8) is 0 Å². The number of amides is 1. The molecule has 1 aromatic carbocycles. The molecule has 192 valence electrons. The van der Waals surface area contributed by atoms with Gasteiger partial charge in [0.1, 0.15) is 6.10 Å². The predicted octanol–water partition coefficient (Wildman–Crippen LogP) is 1.78. The zero-order valence-corrected chi connectivity index (χ0v) is 21.5. The molecule has 0 unspecified atom stereocenters. The van der Waals surface area contributed by atoms with Gasteiger partial charge < -0.3 is 24.2 Å². The summed E-state index contributed by atoms with van der Waals surface area (Å²) in [5, 5.41) is 9.69. The third-order valence-corrected chi connectivity index (χ3v) is 7.90. The van der Waals surface area contributed by atoms with E-state index in [4.69, 9.17) is 4.74 Å². The van der Waals surface area contributed by atoms with Gasteiger partial charge >= 0.3 is 0 Å². The van der Waals surface area contributed by atoms with Crippen LogP contribution < -0.4 is 9.46 Å². The second-order valence-electron chi connectivity index (χ2n) is 9.95. The molecular formula is C24H35N5O5S. The number of carbonyl (C=O) groups excluding carboxylic acids is 1. The molecule has 0 saturated heterocycles. The lowest BCUT2D eigenvalue weighted by molar-refractivity contribution is 0.0346. The van der Waals surface area contributed by atoms with Gasteiger partial charge in [-0.05, 0) is 44.9 Å².